The van der Waals surface area contributed by atoms with Gasteiger partial charge in [0.25, 0.3) is 0 Å². The molecule has 0 bridgehead atoms. The van der Waals surface area contributed by atoms with Crippen LogP contribution in [0.2, 0.25) is 0 Å². The second kappa shape index (κ2) is 5.46. The number of hydrazone groups is 1. The number of para-hydroxylation sites is 2. The van der Waals surface area contributed by atoms with Gasteiger partial charge in [-0.1, -0.05) is 12.1 Å². The number of rotatable bonds is 3. The lowest BCUT2D eigenvalue weighted by atomic mass is 10.2. The average Bonchev–Trinajstić information content (AvgIpc) is 2.93. The summed E-state index contributed by atoms with van der Waals surface area (Å²) in [4.78, 5) is 19.0. The Balaban J connectivity index is 1.70. The van der Waals surface area contributed by atoms with E-state index in [2.05, 4.69) is 20.5 Å². The topological polar surface area (TPSA) is 90.4 Å². The third-order valence-electron chi connectivity index (χ3n) is 2.88. The minimum absolute atomic E-state index is 0.179. The van der Waals surface area contributed by atoms with Gasteiger partial charge in [0, 0.05) is 0 Å². The number of phenolic OH excluding ortho intramolecular Hbond substituents is 1. The standard InChI is InChI=1S/C15H12N4O2/c20-11-7-5-10(6-8-11)9-16-19-15(21)14-17-12-3-1-2-4-13(12)18-14/h1-9,20H,(H,17,18)(H,19,21)/b16-9+. The molecule has 1 aromatic heterocycles. The first-order valence-electron chi connectivity index (χ1n) is 6.29. The number of aromatic hydroxyl groups is 1. The molecule has 3 aromatic rings. The van der Waals surface area contributed by atoms with Crippen LogP contribution in [0.5, 0.6) is 5.75 Å². The van der Waals surface area contributed by atoms with Gasteiger partial charge < -0.3 is 10.1 Å². The molecule has 0 radical (unpaired) electrons. The second-order valence-corrected chi connectivity index (χ2v) is 4.39. The molecule has 0 spiro atoms. The first-order chi connectivity index (χ1) is 10.2. The lowest BCUT2D eigenvalue weighted by Crippen LogP contribution is -2.19. The molecule has 1 heterocycles. The van der Waals surface area contributed by atoms with Gasteiger partial charge in [0.1, 0.15) is 5.75 Å². The van der Waals surface area contributed by atoms with E-state index in [0.717, 1.165) is 16.6 Å². The monoisotopic (exact) mass is 280 g/mol. The third-order valence-corrected chi connectivity index (χ3v) is 2.88. The molecule has 6 heteroatoms. The van der Waals surface area contributed by atoms with Crippen LogP contribution in [-0.4, -0.2) is 27.2 Å². The van der Waals surface area contributed by atoms with Crippen LogP contribution in [0.15, 0.2) is 53.6 Å². The predicted octanol–water partition coefficient (Wildman–Crippen LogP) is 2.03. The summed E-state index contributed by atoms with van der Waals surface area (Å²) in [6, 6.07) is 13.9. The predicted molar refractivity (Wildman–Crippen MR) is 79.3 cm³/mol. The number of nitrogens with zero attached hydrogens (tertiary/aromatic N) is 2. The lowest BCUT2D eigenvalue weighted by Gasteiger charge is -1.96. The maximum absolute atomic E-state index is 11.9. The van der Waals surface area contributed by atoms with Crippen LogP contribution in [-0.2, 0) is 0 Å². The van der Waals surface area contributed by atoms with Crippen molar-refractivity contribution in [3.63, 3.8) is 0 Å². The van der Waals surface area contributed by atoms with Crippen LogP contribution in [0.1, 0.15) is 16.2 Å². The Bertz CT molecular complexity index is 773. The Labute approximate surface area is 120 Å². The van der Waals surface area contributed by atoms with Crippen molar-refractivity contribution in [1.82, 2.24) is 15.4 Å². The summed E-state index contributed by atoms with van der Waals surface area (Å²) < 4.78 is 0. The molecule has 0 fully saturated rings. The highest BCUT2D eigenvalue weighted by Gasteiger charge is 2.09. The number of H-pyrrole nitrogens is 1. The quantitative estimate of drug-likeness (QED) is 0.506. The minimum atomic E-state index is -0.416. The molecule has 3 N–H and O–H groups in total. The lowest BCUT2D eigenvalue weighted by molar-refractivity contribution is 0.0946. The SMILES string of the molecule is O=C(N/N=C/c1ccc(O)cc1)c1nc2ccccc2[nH]1. The van der Waals surface area contributed by atoms with E-state index in [0.29, 0.717) is 0 Å². The number of amides is 1. The first kappa shape index (κ1) is 12.9. The molecule has 0 aliphatic carbocycles. The number of aromatic nitrogens is 2. The van der Waals surface area contributed by atoms with E-state index in [-0.39, 0.29) is 11.6 Å². The van der Waals surface area contributed by atoms with E-state index >= 15 is 0 Å². The highest BCUT2D eigenvalue weighted by atomic mass is 16.3. The summed E-state index contributed by atoms with van der Waals surface area (Å²) in [6.07, 6.45) is 1.49. The molecule has 0 unspecified atom stereocenters. The summed E-state index contributed by atoms with van der Waals surface area (Å²) in [7, 11) is 0. The smallest absolute Gasteiger partial charge is 0.307 e. The van der Waals surface area contributed by atoms with Gasteiger partial charge in [-0.25, -0.2) is 10.4 Å². The van der Waals surface area contributed by atoms with Crippen LogP contribution in [0, 0.1) is 0 Å². The zero-order chi connectivity index (χ0) is 14.7. The van der Waals surface area contributed by atoms with Crippen molar-refractivity contribution >= 4 is 23.2 Å². The van der Waals surface area contributed by atoms with Crippen LogP contribution in [0.3, 0.4) is 0 Å². The first-order valence-corrected chi connectivity index (χ1v) is 6.29. The van der Waals surface area contributed by atoms with Gasteiger partial charge in [-0.3, -0.25) is 4.79 Å². The number of fused-ring (bicyclic) bond motifs is 1. The number of benzene rings is 2. The van der Waals surface area contributed by atoms with Crippen molar-refractivity contribution in [3.8, 4) is 5.75 Å². The molecule has 0 aliphatic heterocycles. The molecule has 104 valence electrons. The molecule has 0 aliphatic rings. The van der Waals surface area contributed by atoms with E-state index in [9.17, 15) is 4.79 Å². The van der Waals surface area contributed by atoms with Gasteiger partial charge in [-0.05, 0) is 42.0 Å². The fourth-order valence-corrected chi connectivity index (χ4v) is 1.84. The Hall–Kier alpha value is -3.15. The zero-order valence-corrected chi connectivity index (χ0v) is 10.9. The van der Waals surface area contributed by atoms with Crippen LogP contribution in [0.25, 0.3) is 11.0 Å². The van der Waals surface area contributed by atoms with E-state index in [4.69, 9.17) is 5.11 Å². The molecular formula is C15H12N4O2. The third kappa shape index (κ3) is 2.89. The molecule has 0 atom stereocenters. The van der Waals surface area contributed by atoms with Crippen LogP contribution in [0.4, 0.5) is 0 Å². The van der Waals surface area contributed by atoms with Crippen molar-refractivity contribution in [2.75, 3.05) is 0 Å². The molecule has 6 nitrogen and oxygen atoms in total. The highest BCUT2D eigenvalue weighted by Crippen LogP contribution is 2.10. The molecule has 21 heavy (non-hydrogen) atoms. The maximum atomic E-state index is 11.9. The molecular weight excluding hydrogens is 268 g/mol. The van der Waals surface area contributed by atoms with Crippen molar-refractivity contribution in [2.45, 2.75) is 0 Å². The molecule has 0 saturated heterocycles. The van der Waals surface area contributed by atoms with Crippen molar-refractivity contribution in [1.29, 1.82) is 0 Å². The summed E-state index contributed by atoms with van der Waals surface area (Å²) in [6.45, 7) is 0. The van der Waals surface area contributed by atoms with Crippen molar-refractivity contribution in [2.24, 2.45) is 5.10 Å². The Morgan fingerprint density at radius 1 is 1.19 bits per heavy atom. The summed E-state index contributed by atoms with van der Waals surface area (Å²) in [5.41, 5.74) is 4.68. The van der Waals surface area contributed by atoms with Crippen molar-refractivity contribution < 1.29 is 9.90 Å². The number of carbonyl (C=O) groups is 1. The number of phenols is 1. The average molecular weight is 280 g/mol. The highest BCUT2D eigenvalue weighted by molar-refractivity contribution is 5.94. The van der Waals surface area contributed by atoms with E-state index < -0.39 is 5.91 Å². The van der Waals surface area contributed by atoms with E-state index in [1.165, 1.54) is 6.21 Å². The number of hydrogen-bond acceptors (Lipinski definition) is 4. The molecule has 3 rings (SSSR count). The van der Waals surface area contributed by atoms with E-state index in [1.54, 1.807) is 24.3 Å². The van der Waals surface area contributed by atoms with E-state index in [1.807, 2.05) is 24.3 Å². The largest absolute Gasteiger partial charge is 0.508 e. The maximum Gasteiger partial charge on any atom is 0.307 e. The van der Waals surface area contributed by atoms with Gasteiger partial charge >= 0.3 is 5.91 Å². The fraction of sp³-hybridized carbons (Fsp3) is 0. The number of nitrogens with one attached hydrogen (secondary N) is 2. The summed E-state index contributed by atoms with van der Waals surface area (Å²) in [5.74, 6) is -0.0289. The molecule has 2 aromatic carbocycles. The normalized spacial score (nSPS) is 11.0. The van der Waals surface area contributed by atoms with Gasteiger partial charge in [-0.2, -0.15) is 5.10 Å². The molecule has 1 amide bonds. The number of imidazole rings is 1. The number of carbonyl (C=O) groups excluding carboxylic acids is 1. The molecule has 0 saturated carbocycles. The summed E-state index contributed by atoms with van der Waals surface area (Å²) >= 11 is 0. The van der Waals surface area contributed by atoms with Gasteiger partial charge in [0.15, 0.2) is 5.82 Å². The Morgan fingerprint density at radius 2 is 1.95 bits per heavy atom. The second-order valence-electron chi connectivity index (χ2n) is 4.39. The van der Waals surface area contributed by atoms with Gasteiger partial charge in [-0.15, -0.1) is 0 Å². The van der Waals surface area contributed by atoms with Crippen molar-refractivity contribution in [3.05, 3.63) is 59.9 Å². The Kier molecular flexibility index (Phi) is 3.34. The fourth-order valence-electron chi connectivity index (χ4n) is 1.84. The number of hydrogen-bond donors (Lipinski definition) is 3. The number of aromatic amines is 1. The van der Waals surface area contributed by atoms with Gasteiger partial charge in [0.2, 0.25) is 0 Å². The van der Waals surface area contributed by atoms with Crippen LogP contribution >= 0.6 is 0 Å². The summed E-state index contributed by atoms with van der Waals surface area (Å²) in [5, 5.41) is 13.0. The Morgan fingerprint density at radius 3 is 2.71 bits per heavy atom. The van der Waals surface area contributed by atoms with Gasteiger partial charge in [0.05, 0.1) is 17.2 Å². The minimum Gasteiger partial charge on any atom is -0.508 e. The zero-order valence-electron chi connectivity index (χ0n) is 10.9. The van der Waals surface area contributed by atoms with Crippen LogP contribution < -0.4 is 5.43 Å².